The molecule has 1 aromatic rings. The summed E-state index contributed by atoms with van der Waals surface area (Å²) >= 11 is 0. The third kappa shape index (κ3) is 6.54. The van der Waals surface area contributed by atoms with Crippen LogP contribution in [-0.2, 0) is 14.3 Å². The molecule has 1 aromatic heterocycles. The number of guanidine groups is 1. The summed E-state index contributed by atoms with van der Waals surface area (Å²) in [5.41, 5.74) is 0. The number of ether oxygens (including phenoxy) is 1. The van der Waals surface area contributed by atoms with Gasteiger partial charge in [0.1, 0.15) is 0 Å². The molecule has 1 amide bonds. The molecule has 2 saturated heterocycles. The Bertz CT molecular complexity index is 758. The molecule has 3 heterocycles. The van der Waals surface area contributed by atoms with E-state index in [1.807, 2.05) is 18.7 Å². The fourth-order valence-electron chi connectivity index (χ4n) is 4.04. The van der Waals surface area contributed by atoms with Gasteiger partial charge in [0.2, 0.25) is 11.9 Å². The molecule has 2 aliphatic heterocycles. The molecule has 176 valence electrons. The standard InChI is InChI=1S/C22H35N7O3/c1-3-23-21(28-12-7-18(8-13-28)20(31)32-4-2)26-11-6-19(30)27-14-16-29(17-15-27)22-24-9-5-10-25-22/h5,9-10,18H,3-4,6-8,11-17H2,1-2H3,(H,23,26). The van der Waals surface area contributed by atoms with Crippen LogP contribution in [0.3, 0.4) is 0 Å². The largest absolute Gasteiger partial charge is 0.466 e. The number of rotatable bonds is 7. The van der Waals surface area contributed by atoms with Crippen molar-refractivity contribution in [3.63, 3.8) is 0 Å². The van der Waals surface area contributed by atoms with E-state index < -0.39 is 0 Å². The number of likely N-dealkylation sites (tertiary alicyclic amines) is 1. The fourth-order valence-corrected chi connectivity index (χ4v) is 4.04. The summed E-state index contributed by atoms with van der Waals surface area (Å²) < 4.78 is 5.15. The number of hydrogen-bond donors (Lipinski definition) is 1. The lowest BCUT2D eigenvalue weighted by Crippen LogP contribution is -2.49. The maximum Gasteiger partial charge on any atom is 0.309 e. The van der Waals surface area contributed by atoms with Crippen molar-refractivity contribution in [2.24, 2.45) is 10.9 Å². The van der Waals surface area contributed by atoms with Crippen molar-refractivity contribution in [2.45, 2.75) is 33.1 Å². The average molecular weight is 446 g/mol. The molecule has 0 atom stereocenters. The Morgan fingerprint density at radius 3 is 2.38 bits per heavy atom. The first-order valence-electron chi connectivity index (χ1n) is 11.6. The summed E-state index contributed by atoms with van der Waals surface area (Å²) in [6, 6.07) is 1.80. The highest BCUT2D eigenvalue weighted by Crippen LogP contribution is 2.19. The molecule has 0 radical (unpaired) electrons. The SMILES string of the molecule is CCNC(=NCCC(=O)N1CCN(c2ncccn2)CC1)N1CCC(C(=O)OCC)CC1. The zero-order chi connectivity index (χ0) is 22.8. The summed E-state index contributed by atoms with van der Waals surface area (Å²) in [4.78, 5) is 44.0. The molecule has 0 aliphatic carbocycles. The topological polar surface area (TPSA) is 103 Å². The Hall–Kier alpha value is -2.91. The van der Waals surface area contributed by atoms with E-state index in [0.29, 0.717) is 38.6 Å². The van der Waals surface area contributed by atoms with E-state index in [2.05, 4.69) is 30.1 Å². The molecule has 32 heavy (non-hydrogen) atoms. The summed E-state index contributed by atoms with van der Waals surface area (Å²) in [5, 5.41) is 3.31. The van der Waals surface area contributed by atoms with Crippen LogP contribution in [0.5, 0.6) is 0 Å². The Morgan fingerprint density at radius 2 is 1.75 bits per heavy atom. The molecule has 0 unspecified atom stereocenters. The molecule has 3 rings (SSSR count). The van der Waals surface area contributed by atoms with Crippen LogP contribution in [0.2, 0.25) is 0 Å². The van der Waals surface area contributed by atoms with Crippen LogP contribution in [0, 0.1) is 5.92 Å². The van der Waals surface area contributed by atoms with Crippen LogP contribution >= 0.6 is 0 Å². The summed E-state index contributed by atoms with van der Waals surface area (Å²) in [5.74, 6) is 1.52. The third-order valence-corrected chi connectivity index (χ3v) is 5.80. The Morgan fingerprint density at radius 1 is 1.06 bits per heavy atom. The van der Waals surface area contributed by atoms with Crippen LogP contribution in [0.4, 0.5) is 5.95 Å². The van der Waals surface area contributed by atoms with Gasteiger partial charge in [0.25, 0.3) is 0 Å². The molecule has 2 aliphatic rings. The van der Waals surface area contributed by atoms with E-state index >= 15 is 0 Å². The van der Waals surface area contributed by atoms with Gasteiger partial charge < -0.3 is 24.8 Å². The number of carbonyl (C=O) groups is 2. The number of nitrogens with zero attached hydrogens (tertiary/aromatic N) is 6. The minimum atomic E-state index is -0.0985. The summed E-state index contributed by atoms with van der Waals surface area (Å²) in [6.45, 7) is 9.81. The van der Waals surface area contributed by atoms with Gasteiger partial charge in [0.15, 0.2) is 5.96 Å². The Kier molecular flexibility index (Phi) is 9.06. The van der Waals surface area contributed by atoms with E-state index in [1.165, 1.54) is 0 Å². The van der Waals surface area contributed by atoms with Gasteiger partial charge in [-0.3, -0.25) is 14.6 Å². The minimum Gasteiger partial charge on any atom is -0.466 e. The third-order valence-electron chi connectivity index (χ3n) is 5.80. The number of carbonyl (C=O) groups excluding carboxylic acids is 2. The lowest BCUT2D eigenvalue weighted by atomic mass is 9.97. The van der Waals surface area contributed by atoms with Gasteiger partial charge in [0, 0.05) is 64.6 Å². The second kappa shape index (κ2) is 12.2. The molecule has 10 heteroatoms. The number of anilines is 1. The highest BCUT2D eigenvalue weighted by atomic mass is 16.5. The fraction of sp³-hybridized carbons (Fsp3) is 0.682. The lowest BCUT2D eigenvalue weighted by molar-refractivity contribution is -0.149. The van der Waals surface area contributed by atoms with E-state index in [1.54, 1.807) is 18.5 Å². The zero-order valence-corrected chi connectivity index (χ0v) is 19.2. The molecule has 2 fully saturated rings. The average Bonchev–Trinajstić information content (AvgIpc) is 2.84. The normalized spacial score (nSPS) is 17.9. The number of piperidine rings is 1. The van der Waals surface area contributed by atoms with Crippen LogP contribution in [-0.4, -0.2) is 96.6 Å². The van der Waals surface area contributed by atoms with Crippen LogP contribution in [0.1, 0.15) is 33.1 Å². The smallest absolute Gasteiger partial charge is 0.309 e. The van der Waals surface area contributed by atoms with Crippen molar-refractivity contribution in [3.05, 3.63) is 18.5 Å². The van der Waals surface area contributed by atoms with Crippen molar-refractivity contribution in [2.75, 3.05) is 63.9 Å². The Labute approximate surface area is 190 Å². The predicted molar refractivity (Wildman–Crippen MR) is 122 cm³/mol. The molecule has 0 spiro atoms. The quantitative estimate of drug-likeness (QED) is 0.373. The van der Waals surface area contributed by atoms with Gasteiger partial charge in [-0.05, 0) is 32.8 Å². The van der Waals surface area contributed by atoms with Crippen molar-refractivity contribution >= 4 is 23.8 Å². The van der Waals surface area contributed by atoms with Gasteiger partial charge in [-0.15, -0.1) is 0 Å². The predicted octanol–water partition coefficient (Wildman–Crippen LogP) is 0.756. The number of hydrogen-bond acceptors (Lipinski definition) is 7. The maximum atomic E-state index is 12.7. The van der Waals surface area contributed by atoms with E-state index in [9.17, 15) is 9.59 Å². The van der Waals surface area contributed by atoms with Gasteiger partial charge in [-0.25, -0.2) is 9.97 Å². The maximum absolute atomic E-state index is 12.7. The first-order valence-corrected chi connectivity index (χ1v) is 11.6. The summed E-state index contributed by atoms with van der Waals surface area (Å²) in [6.07, 6.45) is 5.38. The van der Waals surface area contributed by atoms with Crippen molar-refractivity contribution in [1.29, 1.82) is 0 Å². The molecule has 0 saturated carbocycles. The highest BCUT2D eigenvalue weighted by Gasteiger charge is 2.27. The van der Waals surface area contributed by atoms with Crippen molar-refractivity contribution < 1.29 is 14.3 Å². The molecule has 0 aromatic carbocycles. The first kappa shape index (κ1) is 23.7. The molecule has 10 nitrogen and oxygen atoms in total. The minimum absolute atomic E-state index is 0.0318. The van der Waals surface area contributed by atoms with Gasteiger partial charge in [0.05, 0.1) is 19.1 Å². The Balaban J connectivity index is 1.44. The monoisotopic (exact) mass is 445 g/mol. The van der Waals surface area contributed by atoms with Crippen molar-refractivity contribution in [1.82, 2.24) is 25.1 Å². The van der Waals surface area contributed by atoms with E-state index in [-0.39, 0.29) is 17.8 Å². The zero-order valence-electron chi connectivity index (χ0n) is 19.2. The summed E-state index contributed by atoms with van der Waals surface area (Å²) in [7, 11) is 0. The number of nitrogens with one attached hydrogen (secondary N) is 1. The second-order valence-electron chi connectivity index (χ2n) is 7.92. The number of aromatic nitrogens is 2. The number of amides is 1. The number of aliphatic imine (C=N–C) groups is 1. The first-order chi connectivity index (χ1) is 15.6. The van der Waals surface area contributed by atoms with Crippen molar-refractivity contribution in [3.8, 4) is 0 Å². The van der Waals surface area contributed by atoms with Crippen LogP contribution < -0.4 is 10.2 Å². The van der Waals surface area contributed by atoms with E-state index in [0.717, 1.165) is 51.5 Å². The molecule has 0 bridgehead atoms. The lowest BCUT2D eigenvalue weighted by Gasteiger charge is -2.35. The number of esters is 1. The second-order valence-corrected chi connectivity index (χ2v) is 7.92. The van der Waals surface area contributed by atoms with Gasteiger partial charge >= 0.3 is 5.97 Å². The number of piperazine rings is 1. The van der Waals surface area contributed by atoms with Gasteiger partial charge in [-0.1, -0.05) is 0 Å². The molecular formula is C22H35N7O3. The molecular weight excluding hydrogens is 410 g/mol. The van der Waals surface area contributed by atoms with Crippen LogP contribution in [0.25, 0.3) is 0 Å². The van der Waals surface area contributed by atoms with Gasteiger partial charge in [-0.2, -0.15) is 0 Å². The van der Waals surface area contributed by atoms with E-state index in [4.69, 9.17) is 4.74 Å². The van der Waals surface area contributed by atoms with Crippen LogP contribution in [0.15, 0.2) is 23.5 Å². The highest BCUT2D eigenvalue weighted by molar-refractivity contribution is 5.81. The molecule has 1 N–H and O–H groups in total.